The van der Waals surface area contributed by atoms with Crippen LogP contribution in [0.15, 0.2) is 47.4 Å². The van der Waals surface area contributed by atoms with Crippen molar-refractivity contribution < 1.29 is 22.7 Å². The van der Waals surface area contributed by atoms with E-state index in [4.69, 9.17) is 14.5 Å². The standard InChI is InChI=1S/C22H25N3O5S2/c1-29-16-6-8-17(9-7-16)32(27,28)15-10-20(26)24-11-13-25(14-12-24)22-23-21-18(30-2)4-3-5-19(21)31-22/h3-9H,10-15H2,1-2H3. The molecule has 1 fully saturated rings. The molecule has 0 aliphatic carbocycles. The quantitative estimate of drug-likeness (QED) is 0.519. The van der Waals surface area contributed by atoms with Gasteiger partial charge < -0.3 is 19.3 Å². The number of ether oxygens (including phenoxy) is 2. The largest absolute Gasteiger partial charge is 0.497 e. The number of hydrogen-bond donors (Lipinski definition) is 0. The van der Waals surface area contributed by atoms with Crippen molar-refractivity contribution in [2.24, 2.45) is 0 Å². The molecule has 3 aromatic rings. The highest BCUT2D eigenvalue weighted by Crippen LogP contribution is 2.34. The van der Waals surface area contributed by atoms with E-state index in [1.165, 1.54) is 19.2 Å². The molecule has 2 aromatic carbocycles. The predicted octanol–water partition coefficient (Wildman–Crippen LogP) is 2.83. The van der Waals surface area contributed by atoms with Crippen LogP contribution in [0.5, 0.6) is 11.5 Å². The second-order valence-electron chi connectivity index (χ2n) is 7.42. The third kappa shape index (κ3) is 4.66. The maximum Gasteiger partial charge on any atom is 0.223 e. The minimum absolute atomic E-state index is 0.0350. The van der Waals surface area contributed by atoms with Crippen molar-refractivity contribution in [2.45, 2.75) is 11.3 Å². The van der Waals surface area contributed by atoms with Gasteiger partial charge in [-0.05, 0) is 36.4 Å². The molecule has 0 saturated carbocycles. The molecule has 1 amide bonds. The topological polar surface area (TPSA) is 89.0 Å². The lowest BCUT2D eigenvalue weighted by Crippen LogP contribution is -2.49. The molecular formula is C22H25N3O5S2. The molecule has 0 unspecified atom stereocenters. The smallest absolute Gasteiger partial charge is 0.223 e. The summed E-state index contributed by atoms with van der Waals surface area (Å²) >= 11 is 1.60. The van der Waals surface area contributed by atoms with Gasteiger partial charge in [0.05, 0.1) is 29.6 Å². The van der Waals surface area contributed by atoms with Crippen LogP contribution in [0, 0.1) is 0 Å². The number of aromatic nitrogens is 1. The number of hydrogen-bond acceptors (Lipinski definition) is 8. The third-order valence-electron chi connectivity index (χ3n) is 5.50. The summed E-state index contributed by atoms with van der Waals surface area (Å²) < 4.78 is 36.6. The Bertz CT molecular complexity index is 1200. The molecule has 0 atom stereocenters. The van der Waals surface area contributed by atoms with Crippen LogP contribution < -0.4 is 14.4 Å². The first kappa shape index (κ1) is 22.3. The zero-order chi connectivity index (χ0) is 22.7. The number of rotatable bonds is 7. The fraction of sp³-hybridized carbons (Fsp3) is 0.364. The van der Waals surface area contributed by atoms with Gasteiger partial charge in [0.1, 0.15) is 17.0 Å². The van der Waals surface area contributed by atoms with Crippen LogP contribution in [-0.4, -0.2) is 70.4 Å². The van der Waals surface area contributed by atoms with Crippen LogP contribution in [-0.2, 0) is 14.6 Å². The molecule has 0 radical (unpaired) electrons. The first-order chi connectivity index (χ1) is 15.4. The Labute approximate surface area is 191 Å². The summed E-state index contributed by atoms with van der Waals surface area (Å²) in [5, 5.41) is 0.902. The summed E-state index contributed by atoms with van der Waals surface area (Å²) in [6.07, 6.45) is -0.0350. The minimum Gasteiger partial charge on any atom is -0.497 e. The predicted molar refractivity (Wildman–Crippen MR) is 125 cm³/mol. The van der Waals surface area contributed by atoms with Crippen LogP contribution in [0.3, 0.4) is 0 Å². The van der Waals surface area contributed by atoms with Gasteiger partial charge in [0.15, 0.2) is 15.0 Å². The van der Waals surface area contributed by atoms with Gasteiger partial charge in [-0.3, -0.25) is 4.79 Å². The van der Waals surface area contributed by atoms with Gasteiger partial charge in [-0.15, -0.1) is 0 Å². The molecule has 32 heavy (non-hydrogen) atoms. The first-order valence-corrected chi connectivity index (χ1v) is 12.7. The lowest BCUT2D eigenvalue weighted by molar-refractivity contribution is -0.131. The molecule has 4 rings (SSSR count). The van der Waals surface area contributed by atoms with Crippen molar-refractivity contribution in [3.05, 3.63) is 42.5 Å². The number of methoxy groups -OCH3 is 2. The zero-order valence-corrected chi connectivity index (χ0v) is 19.6. The number of benzene rings is 2. The van der Waals surface area contributed by atoms with Gasteiger partial charge in [0.2, 0.25) is 5.91 Å². The van der Waals surface area contributed by atoms with Crippen LogP contribution in [0.25, 0.3) is 10.2 Å². The second-order valence-corrected chi connectivity index (χ2v) is 10.5. The molecule has 0 N–H and O–H groups in total. The van der Waals surface area contributed by atoms with Crippen molar-refractivity contribution in [3.8, 4) is 11.5 Å². The van der Waals surface area contributed by atoms with Crippen LogP contribution >= 0.6 is 11.3 Å². The van der Waals surface area contributed by atoms with Gasteiger partial charge in [0, 0.05) is 32.6 Å². The van der Waals surface area contributed by atoms with Gasteiger partial charge in [0.25, 0.3) is 0 Å². The number of carbonyl (C=O) groups excluding carboxylic acids is 1. The second kappa shape index (κ2) is 9.33. The molecular weight excluding hydrogens is 450 g/mol. The lowest BCUT2D eigenvalue weighted by atomic mass is 10.3. The van der Waals surface area contributed by atoms with Gasteiger partial charge >= 0.3 is 0 Å². The molecule has 1 saturated heterocycles. The van der Waals surface area contributed by atoms with E-state index in [-0.39, 0.29) is 23.0 Å². The molecule has 1 aliphatic heterocycles. The zero-order valence-electron chi connectivity index (χ0n) is 18.0. The van der Waals surface area contributed by atoms with Crippen molar-refractivity contribution in [2.75, 3.05) is 51.1 Å². The van der Waals surface area contributed by atoms with E-state index >= 15 is 0 Å². The number of amides is 1. The number of thiazole rings is 1. The first-order valence-electron chi connectivity index (χ1n) is 10.2. The van der Waals surface area contributed by atoms with Gasteiger partial charge in [-0.25, -0.2) is 13.4 Å². The number of anilines is 1. The Hall–Kier alpha value is -2.85. The maximum absolute atomic E-state index is 12.6. The highest BCUT2D eigenvalue weighted by Gasteiger charge is 2.25. The van der Waals surface area contributed by atoms with E-state index in [2.05, 4.69) is 4.90 Å². The Balaban J connectivity index is 1.33. The molecule has 170 valence electrons. The summed E-state index contributed by atoms with van der Waals surface area (Å²) in [6, 6.07) is 12.1. The molecule has 8 nitrogen and oxygen atoms in total. The molecule has 1 aromatic heterocycles. The number of sulfone groups is 1. The van der Waals surface area contributed by atoms with Crippen LogP contribution in [0.2, 0.25) is 0 Å². The molecule has 2 heterocycles. The van der Waals surface area contributed by atoms with Gasteiger partial charge in [-0.2, -0.15) is 0 Å². The lowest BCUT2D eigenvalue weighted by Gasteiger charge is -2.34. The van der Waals surface area contributed by atoms with Crippen molar-refractivity contribution in [3.63, 3.8) is 0 Å². The van der Waals surface area contributed by atoms with Crippen molar-refractivity contribution >= 4 is 42.4 Å². The summed E-state index contributed by atoms with van der Waals surface area (Å²) in [6.45, 7) is 2.38. The Morgan fingerprint density at radius 3 is 2.41 bits per heavy atom. The highest BCUT2D eigenvalue weighted by molar-refractivity contribution is 7.91. The van der Waals surface area contributed by atoms with E-state index in [1.807, 2.05) is 18.2 Å². The van der Waals surface area contributed by atoms with Crippen LogP contribution in [0.4, 0.5) is 5.13 Å². The Kier molecular flexibility index (Phi) is 6.52. The monoisotopic (exact) mass is 475 g/mol. The van der Waals surface area contributed by atoms with Crippen molar-refractivity contribution in [1.29, 1.82) is 0 Å². The maximum atomic E-state index is 12.6. The Morgan fingerprint density at radius 1 is 1.03 bits per heavy atom. The summed E-state index contributed by atoms with van der Waals surface area (Å²) in [4.78, 5) is 21.4. The average molecular weight is 476 g/mol. The fourth-order valence-corrected chi connectivity index (χ4v) is 5.90. The van der Waals surface area contributed by atoms with E-state index in [1.54, 1.807) is 35.5 Å². The normalized spacial score (nSPS) is 14.6. The van der Waals surface area contributed by atoms with E-state index in [0.717, 1.165) is 21.1 Å². The summed E-state index contributed by atoms with van der Waals surface area (Å²) in [5.41, 5.74) is 0.845. The SMILES string of the molecule is COc1ccc(S(=O)(=O)CCC(=O)N2CCN(c3nc4c(OC)cccc4s3)CC2)cc1. The average Bonchev–Trinajstić information content (AvgIpc) is 3.27. The molecule has 1 aliphatic rings. The molecule has 0 spiro atoms. The van der Waals surface area contributed by atoms with E-state index in [9.17, 15) is 13.2 Å². The number of carbonyl (C=O) groups is 1. The van der Waals surface area contributed by atoms with E-state index in [0.29, 0.717) is 31.9 Å². The fourth-order valence-electron chi connectivity index (χ4n) is 3.64. The Morgan fingerprint density at radius 2 is 1.75 bits per heavy atom. The van der Waals surface area contributed by atoms with Crippen LogP contribution in [0.1, 0.15) is 6.42 Å². The highest BCUT2D eigenvalue weighted by atomic mass is 32.2. The van der Waals surface area contributed by atoms with E-state index < -0.39 is 9.84 Å². The summed E-state index contributed by atoms with van der Waals surface area (Å²) in [5.74, 6) is 0.977. The summed E-state index contributed by atoms with van der Waals surface area (Å²) in [7, 11) is -0.372. The van der Waals surface area contributed by atoms with Gasteiger partial charge in [-0.1, -0.05) is 17.4 Å². The van der Waals surface area contributed by atoms with Crippen molar-refractivity contribution in [1.82, 2.24) is 9.88 Å². The third-order valence-corrected chi connectivity index (χ3v) is 8.31. The number of para-hydroxylation sites is 1. The number of piperazine rings is 1. The number of fused-ring (bicyclic) bond motifs is 1. The molecule has 10 heteroatoms. The molecule has 0 bridgehead atoms. The minimum atomic E-state index is -3.53. The number of nitrogens with zero attached hydrogens (tertiary/aromatic N) is 3.